The SMILES string of the molecule is Cc1ccc2c(c1)OC(C(=O)O)CN2S(=O)(=O)c1ccccc1. The molecule has 0 fully saturated rings. The second-order valence-electron chi connectivity index (χ2n) is 5.27. The van der Waals surface area contributed by atoms with Crippen LogP contribution >= 0.6 is 0 Å². The molecule has 0 saturated heterocycles. The third kappa shape index (κ3) is 2.75. The predicted molar refractivity (Wildman–Crippen MR) is 84.2 cm³/mol. The molecular formula is C16H15NO5S. The van der Waals surface area contributed by atoms with Gasteiger partial charge in [-0.15, -0.1) is 0 Å². The number of fused-ring (bicyclic) bond motifs is 1. The van der Waals surface area contributed by atoms with Crippen LogP contribution < -0.4 is 9.04 Å². The molecule has 1 N–H and O–H groups in total. The van der Waals surface area contributed by atoms with Gasteiger partial charge in [-0.3, -0.25) is 4.31 Å². The van der Waals surface area contributed by atoms with Gasteiger partial charge in [0.2, 0.25) is 6.10 Å². The number of carboxylic acids is 1. The van der Waals surface area contributed by atoms with Crippen LogP contribution in [0.1, 0.15) is 5.56 Å². The van der Waals surface area contributed by atoms with Gasteiger partial charge in [0.05, 0.1) is 17.1 Å². The highest BCUT2D eigenvalue weighted by atomic mass is 32.2. The van der Waals surface area contributed by atoms with E-state index in [9.17, 15) is 18.3 Å². The highest BCUT2D eigenvalue weighted by Gasteiger charge is 2.37. The van der Waals surface area contributed by atoms with E-state index in [0.717, 1.165) is 9.87 Å². The van der Waals surface area contributed by atoms with Gasteiger partial charge in [-0.25, -0.2) is 13.2 Å². The number of hydrogen-bond acceptors (Lipinski definition) is 4. The number of carbonyl (C=O) groups is 1. The summed E-state index contributed by atoms with van der Waals surface area (Å²) in [4.78, 5) is 11.4. The third-order valence-electron chi connectivity index (χ3n) is 3.59. The Morgan fingerprint density at radius 3 is 2.57 bits per heavy atom. The van der Waals surface area contributed by atoms with Crippen molar-refractivity contribution in [3.05, 3.63) is 54.1 Å². The Morgan fingerprint density at radius 2 is 1.91 bits per heavy atom. The van der Waals surface area contributed by atoms with Gasteiger partial charge in [0.25, 0.3) is 10.0 Å². The van der Waals surface area contributed by atoms with Gasteiger partial charge in [0.1, 0.15) is 5.75 Å². The molecule has 0 saturated carbocycles. The molecule has 7 heteroatoms. The lowest BCUT2D eigenvalue weighted by Crippen LogP contribution is -2.47. The molecule has 2 aromatic carbocycles. The number of ether oxygens (including phenoxy) is 1. The summed E-state index contributed by atoms with van der Waals surface area (Å²) in [5.41, 5.74) is 1.20. The van der Waals surface area contributed by atoms with Crippen LogP contribution in [0.4, 0.5) is 5.69 Å². The van der Waals surface area contributed by atoms with Crippen LogP contribution in [0.25, 0.3) is 0 Å². The monoisotopic (exact) mass is 333 g/mol. The fourth-order valence-corrected chi connectivity index (χ4v) is 3.93. The van der Waals surface area contributed by atoms with E-state index in [1.807, 2.05) is 6.92 Å². The predicted octanol–water partition coefficient (Wildman–Crippen LogP) is 2.04. The van der Waals surface area contributed by atoms with Crippen molar-refractivity contribution in [2.75, 3.05) is 10.8 Å². The fourth-order valence-electron chi connectivity index (χ4n) is 2.44. The lowest BCUT2D eigenvalue weighted by molar-refractivity contribution is -0.144. The summed E-state index contributed by atoms with van der Waals surface area (Å²) < 4.78 is 32.3. The Labute approximate surface area is 134 Å². The molecule has 120 valence electrons. The van der Waals surface area contributed by atoms with Crippen LogP contribution in [0.2, 0.25) is 0 Å². The van der Waals surface area contributed by atoms with Crippen molar-refractivity contribution in [3.63, 3.8) is 0 Å². The minimum Gasteiger partial charge on any atom is -0.478 e. The van der Waals surface area contributed by atoms with Crippen molar-refractivity contribution in [2.45, 2.75) is 17.9 Å². The summed E-state index contributed by atoms with van der Waals surface area (Å²) in [5, 5.41) is 9.24. The first kappa shape index (κ1) is 15.4. The summed E-state index contributed by atoms with van der Waals surface area (Å²) in [6.07, 6.45) is -1.25. The van der Waals surface area contributed by atoms with Crippen molar-refractivity contribution in [1.29, 1.82) is 0 Å². The van der Waals surface area contributed by atoms with Crippen molar-refractivity contribution in [2.24, 2.45) is 0 Å². The van der Waals surface area contributed by atoms with E-state index in [0.29, 0.717) is 5.69 Å². The molecule has 0 spiro atoms. The Morgan fingerprint density at radius 1 is 1.22 bits per heavy atom. The zero-order valence-corrected chi connectivity index (χ0v) is 13.2. The van der Waals surface area contributed by atoms with Gasteiger partial charge in [0.15, 0.2) is 0 Å². The highest BCUT2D eigenvalue weighted by molar-refractivity contribution is 7.92. The number of nitrogens with zero attached hydrogens (tertiary/aromatic N) is 1. The average Bonchev–Trinajstić information content (AvgIpc) is 2.54. The Balaban J connectivity index is 2.13. The molecule has 1 atom stereocenters. The number of anilines is 1. The van der Waals surface area contributed by atoms with Crippen LogP contribution in [-0.2, 0) is 14.8 Å². The summed E-state index contributed by atoms with van der Waals surface area (Å²) >= 11 is 0. The first-order valence-corrected chi connectivity index (χ1v) is 8.41. The van der Waals surface area contributed by atoms with Gasteiger partial charge in [-0.1, -0.05) is 24.3 Å². The third-order valence-corrected chi connectivity index (χ3v) is 5.39. The summed E-state index contributed by atoms with van der Waals surface area (Å²) in [6, 6.07) is 13.0. The summed E-state index contributed by atoms with van der Waals surface area (Å²) in [6.45, 7) is 1.55. The second kappa shape index (κ2) is 5.58. The van der Waals surface area contributed by atoms with Crippen LogP contribution in [0, 0.1) is 6.92 Å². The quantitative estimate of drug-likeness (QED) is 0.929. The minimum atomic E-state index is -3.86. The number of rotatable bonds is 3. The molecule has 0 radical (unpaired) electrons. The maximum Gasteiger partial charge on any atom is 0.346 e. The lowest BCUT2D eigenvalue weighted by atomic mass is 10.1. The second-order valence-corrected chi connectivity index (χ2v) is 7.13. The van der Waals surface area contributed by atoms with E-state index in [-0.39, 0.29) is 17.2 Å². The Hall–Kier alpha value is -2.54. The normalized spacial score (nSPS) is 17.3. The number of benzene rings is 2. The lowest BCUT2D eigenvalue weighted by Gasteiger charge is -2.33. The van der Waals surface area contributed by atoms with Gasteiger partial charge < -0.3 is 9.84 Å². The van der Waals surface area contributed by atoms with Gasteiger partial charge in [0, 0.05) is 0 Å². The molecule has 0 aromatic heterocycles. The number of carboxylic acid groups (broad SMARTS) is 1. The zero-order valence-electron chi connectivity index (χ0n) is 12.3. The van der Waals surface area contributed by atoms with E-state index >= 15 is 0 Å². The number of aliphatic carboxylic acids is 1. The van der Waals surface area contributed by atoms with E-state index in [2.05, 4.69) is 0 Å². The molecule has 6 nitrogen and oxygen atoms in total. The standard InChI is InChI=1S/C16H15NO5S/c1-11-7-8-13-14(9-11)22-15(16(18)19)10-17(13)23(20,21)12-5-3-2-4-6-12/h2-9,15H,10H2,1H3,(H,18,19). The summed E-state index contributed by atoms with van der Waals surface area (Å²) in [5.74, 6) is -0.950. The van der Waals surface area contributed by atoms with Gasteiger partial charge >= 0.3 is 5.97 Å². The van der Waals surface area contributed by atoms with Crippen LogP contribution in [0.5, 0.6) is 5.75 Å². The molecule has 1 unspecified atom stereocenters. The molecular weight excluding hydrogens is 318 g/mol. The highest BCUT2D eigenvalue weighted by Crippen LogP contribution is 2.37. The summed E-state index contributed by atoms with van der Waals surface area (Å²) in [7, 11) is -3.86. The number of aryl methyl sites for hydroxylation is 1. The fraction of sp³-hybridized carbons (Fsp3) is 0.188. The minimum absolute atomic E-state index is 0.109. The molecule has 1 aliphatic rings. The maximum absolute atomic E-state index is 12.9. The van der Waals surface area contributed by atoms with E-state index < -0.39 is 22.1 Å². The van der Waals surface area contributed by atoms with Gasteiger partial charge in [-0.2, -0.15) is 0 Å². The van der Waals surface area contributed by atoms with Crippen LogP contribution in [-0.4, -0.2) is 32.1 Å². The maximum atomic E-state index is 12.9. The topological polar surface area (TPSA) is 83.9 Å². The molecule has 1 heterocycles. The molecule has 3 rings (SSSR count). The molecule has 2 aromatic rings. The van der Waals surface area contributed by atoms with Crippen LogP contribution in [0.3, 0.4) is 0 Å². The zero-order chi connectivity index (χ0) is 16.6. The Bertz CT molecular complexity index is 848. The molecule has 0 amide bonds. The average molecular weight is 333 g/mol. The number of sulfonamides is 1. The first-order chi connectivity index (χ1) is 10.9. The molecule has 23 heavy (non-hydrogen) atoms. The van der Waals surface area contributed by atoms with Crippen molar-refractivity contribution >= 4 is 21.7 Å². The van der Waals surface area contributed by atoms with Gasteiger partial charge in [-0.05, 0) is 36.8 Å². The largest absolute Gasteiger partial charge is 0.478 e. The molecule has 1 aliphatic heterocycles. The Kier molecular flexibility index (Phi) is 3.73. The van der Waals surface area contributed by atoms with E-state index in [4.69, 9.17) is 4.74 Å². The van der Waals surface area contributed by atoms with Crippen molar-refractivity contribution in [1.82, 2.24) is 0 Å². The first-order valence-electron chi connectivity index (χ1n) is 6.97. The van der Waals surface area contributed by atoms with Crippen molar-refractivity contribution in [3.8, 4) is 5.75 Å². The smallest absolute Gasteiger partial charge is 0.346 e. The van der Waals surface area contributed by atoms with Crippen LogP contribution in [0.15, 0.2) is 53.4 Å². The van der Waals surface area contributed by atoms with Crippen molar-refractivity contribution < 1.29 is 23.1 Å². The van der Waals surface area contributed by atoms with E-state index in [1.165, 1.54) is 12.1 Å². The molecule has 0 bridgehead atoms. The number of hydrogen-bond donors (Lipinski definition) is 1. The van der Waals surface area contributed by atoms with E-state index in [1.54, 1.807) is 36.4 Å². The molecule has 0 aliphatic carbocycles.